The summed E-state index contributed by atoms with van der Waals surface area (Å²) in [4.78, 5) is 39.0. The molecule has 0 saturated carbocycles. The molecule has 2 unspecified atom stereocenters. The number of para-hydroxylation sites is 2. The van der Waals surface area contributed by atoms with Gasteiger partial charge in [-0.15, -0.1) is 49.6 Å². The first-order valence-corrected chi connectivity index (χ1v) is 16.7. The molecule has 3 aromatic carbocycles. The van der Waals surface area contributed by atoms with Crippen molar-refractivity contribution in [3.05, 3.63) is 59.7 Å². The average molecular weight is 799 g/mol. The molecule has 0 radical (unpaired) electrons. The number of hydrogen-bond donors (Lipinski definition) is 4. The molecule has 12 nitrogen and oxygen atoms in total. The van der Waals surface area contributed by atoms with Gasteiger partial charge >= 0.3 is 5.97 Å². The Morgan fingerprint density at radius 3 is 2.38 bits per heavy atom. The van der Waals surface area contributed by atoms with Gasteiger partial charge in [0.05, 0.1) is 40.1 Å². The van der Waals surface area contributed by atoms with E-state index in [1.165, 1.54) is 0 Å². The topological polar surface area (TPSA) is 165 Å². The second kappa shape index (κ2) is 15.6. The summed E-state index contributed by atoms with van der Waals surface area (Å²) >= 11 is 0. The van der Waals surface area contributed by atoms with E-state index in [1.54, 1.807) is 7.11 Å². The van der Waals surface area contributed by atoms with Crippen LogP contribution in [-0.4, -0.2) is 65.4 Å². The van der Waals surface area contributed by atoms with Crippen LogP contribution in [0.3, 0.4) is 0 Å². The Morgan fingerprint density at radius 1 is 1.02 bits per heavy atom. The highest BCUT2D eigenvalue weighted by molar-refractivity contribution is 6.31. The molecule has 2 amide bonds. The van der Waals surface area contributed by atoms with Crippen molar-refractivity contribution in [1.29, 1.82) is 0 Å². The molecule has 4 atom stereocenters. The Morgan fingerprint density at radius 2 is 1.69 bits per heavy atom. The Bertz CT molecular complexity index is 2170. The maximum absolute atomic E-state index is 13.5. The molecular formula is C36H44Cl4N6O6. The van der Waals surface area contributed by atoms with Crippen LogP contribution in [-0.2, 0) is 36.1 Å². The quantitative estimate of drug-likeness (QED) is 0.103. The number of ether oxygens (including phenoxy) is 3. The number of rotatable bonds is 11. The minimum Gasteiger partial charge on any atom is -0.462 e. The number of carbonyl (C=O) groups is 3. The number of nitrogens with zero attached hydrogens (tertiary/aromatic N) is 2. The second-order valence-electron chi connectivity index (χ2n) is 13.3. The zero-order chi connectivity index (χ0) is 33.4. The molecule has 282 valence electrons. The summed E-state index contributed by atoms with van der Waals surface area (Å²) in [6.07, 6.45) is 1.98. The second-order valence-corrected chi connectivity index (χ2v) is 13.3. The first kappa shape index (κ1) is 41.4. The van der Waals surface area contributed by atoms with Crippen molar-refractivity contribution in [2.75, 3.05) is 26.8 Å². The lowest BCUT2D eigenvalue weighted by atomic mass is 9.89. The monoisotopic (exact) mass is 796 g/mol. The summed E-state index contributed by atoms with van der Waals surface area (Å²) in [5.74, 6) is -0.841. The number of esters is 1. The predicted octanol–water partition coefficient (Wildman–Crippen LogP) is 5.33. The summed E-state index contributed by atoms with van der Waals surface area (Å²) in [7, 11) is 1.63. The molecule has 2 bridgehead atoms. The molecule has 3 aliphatic rings. The fraction of sp³-hybridized carbons (Fsp3) is 0.417. The van der Waals surface area contributed by atoms with Crippen LogP contribution in [0.1, 0.15) is 61.2 Å². The van der Waals surface area contributed by atoms with Crippen LogP contribution in [0, 0.1) is 0 Å². The van der Waals surface area contributed by atoms with E-state index in [2.05, 4.69) is 44.0 Å². The van der Waals surface area contributed by atoms with Gasteiger partial charge in [-0.25, -0.2) is 0 Å². The van der Waals surface area contributed by atoms with E-state index in [0.29, 0.717) is 31.5 Å². The molecule has 16 heteroatoms. The van der Waals surface area contributed by atoms with E-state index in [9.17, 15) is 14.4 Å². The molecule has 0 aliphatic carbocycles. The fourth-order valence-corrected chi connectivity index (χ4v) is 8.36. The standard InChI is InChI=1S/C36H40N6O6.4ClH/c1-35-36(46-2,19-47-27(43)14-16-39-33(44)23(38)11-7-8-15-37)17-26(48-35)41-24-12-5-3-9-20(24)29-30-22(18-40-34(30)45)28-21-10-4-6-13-25(21)42(35)32(28)31(29)41;;;;/h3-6,9-10,12-13,23,26H,7-8,11,14-19,37-38H2,1-2H3,(H,39,44)(H,40,45);4*1H/t23?,26?,35-,36-;;;;/m0..../s1. The number of hydrogen-bond acceptors (Lipinski definition) is 8. The summed E-state index contributed by atoms with van der Waals surface area (Å²) in [6, 6.07) is 15.6. The van der Waals surface area contributed by atoms with Crippen LogP contribution in [0.4, 0.5) is 0 Å². The maximum Gasteiger partial charge on any atom is 0.307 e. The number of benzene rings is 3. The summed E-state index contributed by atoms with van der Waals surface area (Å²) in [5, 5.41) is 9.75. The van der Waals surface area contributed by atoms with Crippen LogP contribution >= 0.6 is 49.6 Å². The molecular weight excluding hydrogens is 754 g/mol. The number of fused-ring (bicyclic) bond motifs is 13. The highest BCUT2D eigenvalue weighted by Crippen LogP contribution is 2.58. The van der Waals surface area contributed by atoms with Crippen molar-refractivity contribution in [2.45, 2.75) is 69.2 Å². The molecule has 0 spiro atoms. The molecule has 1 fully saturated rings. The third-order valence-electron chi connectivity index (χ3n) is 10.7. The average Bonchev–Trinajstić information content (AvgIpc) is 3.80. The fourth-order valence-electron chi connectivity index (χ4n) is 8.36. The smallest absolute Gasteiger partial charge is 0.307 e. The number of nitrogens with one attached hydrogen (secondary N) is 2. The van der Waals surface area contributed by atoms with Gasteiger partial charge in [0.25, 0.3) is 5.91 Å². The van der Waals surface area contributed by atoms with Crippen molar-refractivity contribution >= 4 is 111 Å². The van der Waals surface area contributed by atoms with Crippen LogP contribution < -0.4 is 22.1 Å². The molecule has 3 aliphatic heterocycles. The highest BCUT2D eigenvalue weighted by Gasteiger charge is 2.63. The number of aromatic nitrogens is 2. The molecule has 1 saturated heterocycles. The van der Waals surface area contributed by atoms with Crippen molar-refractivity contribution in [3.8, 4) is 0 Å². The summed E-state index contributed by atoms with van der Waals surface area (Å²) < 4.78 is 23.9. The Labute approximate surface area is 325 Å². The molecule has 5 aromatic rings. The number of methoxy groups -OCH3 is 1. The summed E-state index contributed by atoms with van der Waals surface area (Å²) in [5.41, 5.74) is 14.8. The van der Waals surface area contributed by atoms with Gasteiger partial charge in [0.1, 0.15) is 12.8 Å². The van der Waals surface area contributed by atoms with E-state index in [-0.39, 0.29) is 81.0 Å². The van der Waals surface area contributed by atoms with E-state index in [4.69, 9.17) is 25.7 Å². The Kier molecular flexibility index (Phi) is 12.4. The van der Waals surface area contributed by atoms with Crippen LogP contribution in [0.25, 0.3) is 43.6 Å². The van der Waals surface area contributed by atoms with Crippen LogP contribution in [0.5, 0.6) is 0 Å². The number of nitrogens with two attached hydrogens (primary N) is 2. The van der Waals surface area contributed by atoms with Crippen LogP contribution in [0.2, 0.25) is 0 Å². The highest BCUT2D eigenvalue weighted by atomic mass is 35.5. The van der Waals surface area contributed by atoms with Gasteiger partial charge in [-0.2, -0.15) is 0 Å². The normalized spacial score (nSPS) is 21.5. The van der Waals surface area contributed by atoms with Crippen LogP contribution in [0.15, 0.2) is 48.5 Å². The predicted molar refractivity (Wildman–Crippen MR) is 210 cm³/mol. The Balaban J connectivity index is 0.00000151. The molecule has 52 heavy (non-hydrogen) atoms. The SMILES string of the molecule is CO[C@]1(COC(=O)CCNC(=O)C(N)CCCCN)CC2O[C@]1(C)n1c3ccccc3c3c4c(c5c6ccccc6n2c5c31)C(=O)NC4.Cl.Cl.Cl.Cl. The molecule has 6 N–H and O–H groups in total. The minimum atomic E-state index is -1.12. The van der Waals surface area contributed by atoms with Gasteiger partial charge in [-0.05, 0) is 44.0 Å². The lowest BCUT2D eigenvalue weighted by Crippen LogP contribution is -2.55. The zero-order valence-electron chi connectivity index (χ0n) is 28.8. The molecule has 5 heterocycles. The lowest BCUT2D eigenvalue weighted by molar-refractivity contribution is -0.208. The van der Waals surface area contributed by atoms with Gasteiger partial charge in [0.15, 0.2) is 11.3 Å². The largest absolute Gasteiger partial charge is 0.462 e. The van der Waals surface area contributed by atoms with E-state index in [1.807, 2.05) is 31.2 Å². The molecule has 2 aromatic heterocycles. The number of amides is 2. The number of halogens is 4. The van der Waals surface area contributed by atoms with Gasteiger partial charge in [0.2, 0.25) is 5.91 Å². The van der Waals surface area contributed by atoms with E-state index >= 15 is 0 Å². The van der Waals surface area contributed by atoms with E-state index in [0.717, 1.165) is 62.0 Å². The van der Waals surface area contributed by atoms with E-state index < -0.39 is 29.6 Å². The maximum atomic E-state index is 13.5. The van der Waals surface area contributed by atoms with Crippen molar-refractivity contribution in [3.63, 3.8) is 0 Å². The first-order chi connectivity index (χ1) is 23.2. The van der Waals surface area contributed by atoms with Gasteiger partial charge < -0.3 is 45.4 Å². The van der Waals surface area contributed by atoms with Crippen molar-refractivity contribution in [2.24, 2.45) is 11.5 Å². The van der Waals surface area contributed by atoms with Crippen molar-refractivity contribution in [1.82, 2.24) is 19.8 Å². The van der Waals surface area contributed by atoms with Gasteiger partial charge in [-0.3, -0.25) is 14.4 Å². The van der Waals surface area contributed by atoms with Gasteiger partial charge in [-0.1, -0.05) is 42.8 Å². The number of carbonyl (C=O) groups excluding carboxylic acids is 3. The lowest BCUT2D eigenvalue weighted by Gasteiger charge is -2.42. The van der Waals surface area contributed by atoms with Crippen molar-refractivity contribution < 1.29 is 28.6 Å². The van der Waals surface area contributed by atoms with Gasteiger partial charge in [0, 0.05) is 48.2 Å². The third kappa shape index (κ3) is 5.88. The Hall–Kier alpha value is -3.33. The zero-order valence-corrected chi connectivity index (χ0v) is 32.0. The summed E-state index contributed by atoms with van der Waals surface area (Å²) in [6.45, 7) is 3.02. The third-order valence-corrected chi connectivity index (χ3v) is 10.7. The number of unbranched alkanes of at least 4 members (excludes halogenated alkanes) is 1. The first-order valence-electron chi connectivity index (χ1n) is 16.7. The molecule has 8 rings (SSSR count). The minimum absolute atomic E-state index is 0.